The zero-order chi connectivity index (χ0) is 14.6. The van der Waals surface area contributed by atoms with Gasteiger partial charge in [0.2, 0.25) is 10.0 Å². The molecule has 0 amide bonds. The lowest BCUT2D eigenvalue weighted by Crippen LogP contribution is -2.30. The maximum Gasteiger partial charge on any atom is 0.244 e. The number of sulfonamides is 1. The molecule has 19 heavy (non-hydrogen) atoms. The van der Waals surface area contributed by atoms with E-state index in [2.05, 4.69) is 0 Å². The molecule has 1 aromatic rings. The first kappa shape index (κ1) is 15.9. The Morgan fingerprint density at radius 3 is 2.68 bits per heavy atom. The minimum absolute atomic E-state index is 0.0106. The highest BCUT2D eigenvalue weighted by atomic mass is 35.5. The van der Waals surface area contributed by atoms with E-state index in [1.54, 1.807) is 6.92 Å². The van der Waals surface area contributed by atoms with Crippen molar-refractivity contribution in [3.05, 3.63) is 28.8 Å². The molecule has 0 bridgehead atoms. The average Bonchev–Trinajstić information content (AvgIpc) is 2.35. The minimum Gasteiger partial charge on any atom is -0.393 e. The van der Waals surface area contributed by atoms with Crippen LogP contribution in [0.5, 0.6) is 0 Å². The van der Waals surface area contributed by atoms with Crippen molar-refractivity contribution in [3.8, 4) is 6.07 Å². The molecule has 1 rings (SSSR count). The predicted molar refractivity (Wildman–Crippen MR) is 72.3 cm³/mol. The summed E-state index contributed by atoms with van der Waals surface area (Å²) >= 11 is 5.74. The highest BCUT2D eigenvalue weighted by Gasteiger charge is 2.24. The van der Waals surface area contributed by atoms with Crippen LogP contribution >= 0.6 is 11.6 Å². The van der Waals surface area contributed by atoms with Crippen molar-refractivity contribution in [1.29, 1.82) is 5.26 Å². The maximum absolute atomic E-state index is 12.3. The third kappa shape index (κ3) is 3.91. The Kier molecular flexibility index (Phi) is 5.32. The lowest BCUT2D eigenvalue weighted by atomic mass is 10.2. The lowest BCUT2D eigenvalue weighted by Gasteiger charge is -2.18. The first-order valence-electron chi connectivity index (χ1n) is 5.63. The van der Waals surface area contributed by atoms with Crippen molar-refractivity contribution in [2.45, 2.75) is 24.3 Å². The van der Waals surface area contributed by atoms with E-state index in [9.17, 15) is 13.5 Å². The van der Waals surface area contributed by atoms with Gasteiger partial charge in [-0.3, -0.25) is 0 Å². The predicted octanol–water partition coefficient (Wildman–Crippen LogP) is 1.60. The summed E-state index contributed by atoms with van der Waals surface area (Å²) in [5, 5.41) is 18.5. The molecule has 5 nitrogen and oxygen atoms in total. The van der Waals surface area contributed by atoms with Gasteiger partial charge in [-0.2, -0.15) is 5.26 Å². The second kappa shape index (κ2) is 6.35. The van der Waals surface area contributed by atoms with Crippen molar-refractivity contribution in [3.63, 3.8) is 0 Å². The minimum atomic E-state index is -3.75. The van der Waals surface area contributed by atoms with Gasteiger partial charge in [-0.15, -0.1) is 0 Å². The Labute approximate surface area is 118 Å². The van der Waals surface area contributed by atoms with E-state index in [0.717, 1.165) is 4.31 Å². The van der Waals surface area contributed by atoms with Crippen LogP contribution in [0.25, 0.3) is 0 Å². The van der Waals surface area contributed by atoms with Crippen molar-refractivity contribution >= 4 is 21.6 Å². The van der Waals surface area contributed by atoms with Crippen molar-refractivity contribution in [2.75, 3.05) is 13.6 Å². The SMILES string of the molecule is CC(O)CCN(C)S(=O)(=O)c1ccc(Cl)cc1C#N. The Morgan fingerprint density at radius 2 is 2.16 bits per heavy atom. The van der Waals surface area contributed by atoms with Gasteiger partial charge in [-0.1, -0.05) is 11.6 Å². The molecule has 1 N–H and O–H groups in total. The van der Waals surface area contributed by atoms with Gasteiger partial charge in [-0.25, -0.2) is 12.7 Å². The number of hydrogen-bond acceptors (Lipinski definition) is 4. The summed E-state index contributed by atoms with van der Waals surface area (Å²) in [6.45, 7) is 1.76. The largest absolute Gasteiger partial charge is 0.393 e. The first-order valence-corrected chi connectivity index (χ1v) is 7.45. The van der Waals surface area contributed by atoms with Gasteiger partial charge < -0.3 is 5.11 Å². The van der Waals surface area contributed by atoms with E-state index in [-0.39, 0.29) is 17.0 Å². The van der Waals surface area contributed by atoms with Crippen LogP contribution in [0.3, 0.4) is 0 Å². The third-order valence-corrected chi connectivity index (χ3v) is 4.76. The van der Waals surface area contributed by atoms with Gasteiger partial charge >= 0.3 is 0 Å². The van der Waals surface area contributed by atoms with Crippen LogP contribution in [0.15, 0.2) is 23.1 Å². The lowest BCUT2D eigenvalue weighted by molar-refractivity contribution is 0.177. The monoisotopic (exact) mass is 302 g/mol. The molecule has 1 atom stereocenters. The summed E-state index contributed by atoms with van der Waals surface area (Å²) in [7, 11) is -2.34. The Bertz CT molecular complexity index is 593. The number of hydrogen-bond donors (Lipinski definition) is 1. The maximum atomic E-state index is 12.3. The second-order valence-electron chi connectivity index (χ2n) is 4.22. The van der Waals surface area contributed by atoms with Crippen LogP contribution in [-0.2, 0) is 10.0 Å². The topological polar surface area (TPSA) is 81.4 Å². The molecule has 0 spiro atoms. The second-order valence-corrected chi connectivity index (χ2v) is 6.67. The number of nitriles is 1. The number of halogens is 1. The summed E-state index contributed by atoms with van der Waals surface area (Å²) in [6.07, 6.45) is -0.260. The van der Waals surface area contributed by atoms with E-state index in [0.29, 0.717) is 11.4 Å². The smallest absolute Gasteiger partial charge is 0.244 e. The molecule has 7 heteroatoms. The molecule has 104 valence electrons. The highest BCUT2D eigenvalue weighted by Crippen LogP contribution is 2.22. The molecule has 1 unspecified atom stereocenters. The summed E-state index contributed by atoms with van der Waals surface area (Å²) in [6, 6.07) is 5.88. The summed E-state index contributed by atoms with van der Waals surface area (Å²) < 4.78 is 25.7. The van der Waals surface area contributed by atoms with Crippen LogP contribution in [0, 0.1) is 11.3 Å². The molecule has 0 radical (unpaired) electrons. The van der Waals surface area contributed by atoms with Crippen molar-refractivity contribution < 1.29 is 13.5 Å². The number of aliphatic hydroxyl groups excluding tert-OH is 1. The van der Waals surface area contributed by atoms with Crippen molar-refractivity contribution in [1.82, 2.24) is 4.31 Å². The van der Waals surface area contributed by atoms with E-state index in [4.69, 9.17) is 16.9 Å². The summed E-state index contributed by atoms with van der Waals surface area (Å²) in [5.41, 5.74) is 0.0106. The molecular weight excluding hydrogens is 288 g/mol. The van der Waals surface area contributed by atoms with Gasteiger partial charge in [0, 0.05) is 18.6 Å². The van der Waals surface area contributed by atoms with Gasteiger partial charge in [0.15, 0.2) is 0 Å². The Morgan fingerprint density at radius 1 is 1.53 bits per heavy atom. The number of rotatable bonds is 5. The summed E-state index contributed by atoms with van der Waals surface area (Å²) in [4.78, 5) is -0.0764. The van der Waals surface area contributed by atoms with Crippen molar-refractivity contribution in [2.24, 2.45) is 0 Å². The Balaban J connectivity index is 3.10. The van der Waals surface area contributed by atoms with Crippen LogP contribution in [0.1, 0.15) is 18.9 Å². The normalized spacial score (nSPS) is 13.3. The fraction of sp³-hybridized carbons (Fsp3) is 0.417. The molecule has 0 saturated heterocycles. The molecule has 0 heterocycles. The van der Waals surface area contributed by atoms with Crippen LogP contribution in [-0.4, -0.2) is 37.5 Å². The molecule has 0 aliphatic rings. The molecule has 0 saturated carbocycles. The molecule has 0 fully saturated rings. The van der Waals surface area contributed by atoms with E-state index in [1.807, 2.05) is 6.07 Å². The first-order chi connectivity index (χ1) is 8.78. The summed E-state index contributed by atoms with van der Waals surface area (Å²) in [5.74, 6) is 0. The van der Waals surface area contributed by atoms with Crippen LogP contribution < -0.4 is 0 Å². The van der Waals surface area contributed by atoms with Crippen LogP contribution in [0.2, 0.25) is 5.02 Å². The molecule has 1 aromatic carbocycles. The molecule has 0 aliphatic carbocycles. The number of aliphatic hydroxyl groups is 1. The third-order valence-electron chi connectivity index (χ3n) is 2.61. The van der Waals surface area contributed by atoms with E-state index >= 15 is 0 Å². The molecule has 0 aliphatic heterocycles. The number of benzene rings is 1. The van der Waals surface area contributed by atoms with E-state index < -0.39 is 16.1 Å². The fourth-order valence-electron chi connectivity index (χ4n) is 1.47. The van der Waals surface area contributed by atoms with E-state index in [1.165, 1.54) is 25.2 Å². The van der Waals surface area contributed by atoms with Gasteiger partial charge in [0.05, 0.1) is 11.7 Å². The average molecular weight is 303 g/mol. The Hall–Kier alpha value is -1.13. The molecular formula is C12H15ClN2O3S. The van der Waals surface area contributed by atoms with Gasteiger partial charge in [0.25, 0.3) is 0 Å². The number of nitrogens with zero attached hydrogens (tertiary/aromatic N) is 2. The zero-order valence-electron chi connectivity index (χ0n) is 10.7. The quantitative estimate of drug-likeness (QED) is 0.896. The van der Waals surface area contributed by atoms with Crippen LogP contribution in [0.4, 0.5) is 0 Å². The molecule has 0 aromatic heterocycles. The zero-order valence-corrected chi connectivity index (χ0v) is 12.2. The van der Waals surface area contributed by atoms with Gasteiger partial charge in [0.1, 0.15) is 11.0 Å². The van der Waals surface area contributed by atoms with Gasteiger partial charge in [-0.05, 0) is 31.5 Å². The standard InChI is InChI=1S/C12H15ClN2O3S/c1-9(16)5-6-15(2)19(17,18)12-4-3-11(13)7-10(12)8-14/h3-4,7,9,16H,5-6H2,1-2H3. The fourth-order valence-corrected chi connectivity index (χ4v) is 2.95. The highest BCUT2D eigenvalue weighted by molar-refractivity contribution is 7.89.